The maximum Gasteiger partial charge on any atom is 0.0714 e. The van der Waals surface area contributed by atoms with Crippen LogP contribution >= 0.6 is 0 Å². The summed E-state index contributed by atoms with van der Waals surface area (Å²) >= 11 is 0. The maximum atomic E-state index is 2.55. The lowest BCUT2D eigenvalue weighted by atomic mass is 9.63. The van der Waals surface area contributed by atoms with Gasteiger partial charge in [-0.15, -0.1) is 0 Å². The molecule has 0 radical (unpaired) electrons. The molecule has 9 aromatic rings. The predicted molar refractivity (Wildman–Crippen MR) is 282 cm³/mol. The fourth-order valence-electron chi connectivity index (χ4n) is 12.3. The summed E-state index contributed by atoms with van der Waals surface area (Å²) in [5.74, 6) is 0. The van der Waals surface area contributed by atoms with Crippen LogP contribution in [0.15, 0.2) is 212 Å². The molecule has 3 aliphatic rings. The van der Waals surface area contributed by atoms with Crippen LogP contribution in [-0.2, 0) is 21.7 Å². The summed E-state index contributed by atoms with van der Waals surface area (Å²) in [4.78, 5) is 2.53. The van der Waals surface area contributed by atoms with Gasteiger partial charge in [0.15, 0.2) is 0 Å². The van der Waals surface area contributed by atoms with E-state index in [1.807, 2.05) is 0 Å². The minimum Gasteiger partial charge on any atom is -0.310 e. The molecule has 0 amide bonds. The van der Waals surface area contributed by atoms with E-state index in [1.54, 1.807) is 0 Å². The molecule has 0 fully saturated rings. The van der Waals surface area contributed by atoms with Gasteiger partial charge in [-0.2, -0.15) is 0 Å². The molecule has 12 rings (SSSR count). The Morgan fingerprint density at radius 3 is 1.49 bits per heavy atom. The number of anilines is 3. The van der Waals surface area contributed by atoms with Crippen LogP contribution in [-0.4, -0.2) is 0 Å². The number of fused-ring (bicyclic) bond motifs is 7. The van der Waals surface area contributed by atoms with Gasteiger partial charge >= 0.3 is 0 Å². The maximum absolute atomic E-state index is 2.55. The summed E-state index contributed by atoms with van der Waals surface area (Å²) in [5, 5.41) is 0. The van der Waals surface area contributed by atoms with Crippen LogP contribution in [0.5, 0.6) is 0 Å². The van der Waals surface area contributed by atoms with E-state index in [-0.39, 0.29) is 16.2 Å². The lowest BCUT2D eigenvalue weighted by molar-refractivity contribution is 0.332. The standard InChI is InChI=1S/C66H57N/c1-63(2)38-39-64(3,4)61-40-46(34-37-58(61)63)44-30-32-45(33-31-44)54-42-55-52-27-17-19-29-57(52)66(47-20-10-7-11-21-47,48-22-12-8-13-23-48)60(55)43-62(54)67(49-24-14-9-15-25-49)50-35-36-53-51-26-16-18-28-56(51)65(5,6)59(53)41-50/h7-37,40-43H,38-39H2,1-6H3. The smallest absolute Gasteiger partial charge is 0.0714 e. The van der Waals surface area contributed by atoms with Crippen molar-refractivity contribution in [1.29, 1.82) is 0 Å². The summed E-state index contributed by atoms with van der Waals surface area (Å²) in [6.07, 6.45) is 2.41. The van der Waals surface area contributed by atoms with Crippen molar-refractivity contribution in [1.82, 2.24) is 0 Å². The molecule has 0 aromatic heterocycles. The van der Waals surface area contributed by atoms with Crippen molar-refractivity contribution >= 4 is 17.1 Å². The quantitative estimate of drug-likeness (QED) is 0.154. The lowest BCUT2D eigenvalue weighted by Crippen LogP contribution is -2.33. The minimum atomic E-state index is -0.551. The van der Waals surface area contributed by atoms with Crippen molar-refractivity contribution in [2.24, 2.45) is 0 Å². The first-order valence-electron chi connectivity index (χ1n) is 24.2. The number of hydrogen-bond acceptors (Lipinski definition) is 1. The molecule has 0 unspecified atom stereocenters. The number of rotatable bonds is 7. The van der Waals surface area contributed by atoms with E-state index in [0.29, 0.717) is 0 Å². The Morgan fingerprint density at radius 2 is 0.836 bits per heavy atom. The van der Waals surface area contributed by atoms with Crippen molar-refractivity contribution < 1.29 is 0 Å². The van der Waals surface area contributed by atoms with Crippen molar-refractivity contribution in [2.75, 3.05) is 4.90 Å². The monoisotopic (exact) mass is 863 g/mol. The summed E-state index contributed by atoms with van der Waals surface area (Å²) < 4.78 is 0. The zero-order valence-corrected chi connectivity index (χ0v) is 39.6. The first kappa shape index (κ1) is 41.2. The zero-order chi connectivity index (χ0) is 45.7. The highest BCUT2D eigenvalue weighted by atomic mass is 15.1. The van der Waals surface area contributed by atoms with E-state index >= 15 is 0 Å². The van der Waals surface area contributed by atoms with Gasteiger partial charge < -0.3 is 4.90 Å². The third-order valence-corrected chi connectivity index (χ3v) is 16.0. The van der Waals surface area contributed by atoms with Crippen molar-refractivity contribution in [2.45, 2.75) is 76.0 Å². The molecule has 0 N–H and O–H groups in total. The van der Waals surface area contributed by atoms with E-state index < -0.39 is 5.41 Å². The number of para-hydroxylation sites is 1. The Bertz CT molecular complexity index is 3310. The second-order valence-electron chi connectivity index (χ2n) is 21.1. The van der Waals surface area contributed by atoms with Crippen LogP contribution in [0, 0.1) is 0 Å². The van der Waals surface area contributed by atoms with Gasteiger partial charge in [0, 0.05) is 22.4 Å². The van der Waals surface area contributed by atoms with Gasteiger partial charge in [0.05, 0.1) is 11.1 Å². The Morgan fingerprint density at radius 1 is 0.313 bits per heavy atom. The average Bonchev–Trinajstić information content (AvgIpc) is 3.78. The van der Waals surface area contributed by atoms with Gasteiger partial charge in [-0.05, 0) is 144 Å². The Hall–Kier alpha value is -7.22. The van der Waals surface area contributed by atoms with Crippen molar-refractivity contribution in [3.8, 4) is 44.5 Å². The van der Waals surface area contributed by atoms with Crippen molar-refractivity contribution in [3.63, 3.8) is 0 Å². The Balaban J connectivity index is 1.12. The SMILES string of the molecule is CC1(C)CCC(C)(C)c2cc(-c3ccc(-c4cc5c(cc4N(c4ccccc4)c4ccc6c(c4)C(C)(C)c4ccccc4-6)C(c4ccccc4)(c4ccccc4)c4ccccc4-5)cc3)ccc21. The molecular weight excluding hydrogens is 807 g/mol. The molecule has 0 atom stereocenters. The fraction of sp³-hybridized carbons (Fsp3) is 0.182. The summed E-state index contributed by atoms with van der Waals surface area (Å²) in [6, 6.07) is 80.4. The topological polar surface area (TPSA) is 3.24 Å². The third kappa shape index (κ3) is 6.28. The zero-order valence-electron chi connectivity index (χ0n) is 39.6. The van der Waals surface area contributed by atoms with E-state index in [4.69, 9.17) is 0 Å². The van der Waals surface area contributed by atoms with Crippen LogP contribution in [0.1, 0.15) is 98.9 Å². The van der Waals surface area contributed by atoms with E-state index in [2.05, 4.69) is 259 Å². The van der Waals surface area contributed by atoms with E-state index in [1.165, 1.54) is 102 Å². The lowest BCUT2D eigenvalue weighted by Gasteiger charge is -2.42. The molecule has 0 spiro atoms. The summed E-state index contributed by atoms with van der Waals surface area (Å²) in [5.41, 5.74) is 23.9. The molecule has 67 heavy (non-hydrogen) atoms. The molecule has 3 aliphatic carbocycles. The number of hydrogen-bond donors (Lipinski definition) is 0. The number of nitrogens with zero attached hydrogens (tertiary/aromatic N) is 1. The second kappa shape index (κ2) is 15.2. The third-order valence-electron chi connectivity index (χ3n) is 16.0. The molecule has 0 bridgehead atoms. The molecule has 0 saturated heterocycles. The van der Waals surface area contributed by atoms with Crippen LogP contribution in [0.4, 0.5) is 17.1 Å². The first-order valence-corrected chi connectivity index (χ1v) is 24.2. The highest BCUT2D eigenvalue weighted by molar-refractivity contribution is 5.97. The second-order valence-corrected chi connectivity index (χ2v) is 21.1. The largest absolute Gasteiger partial charge is 0.310 e. The molecular formula is C66H57N. The number of benzene rings is 9. The van der Waals surface area contributed by atoms with Gasteiger partial charge in [0.25, 0.3) is 0 Å². The molecule has 1 nitrogen and oxygen atoms in total. The molecule has 1 heteroatoms. The average molecular weight is 864 g/mol. The van der Waals surface area contributed by atoms with Gasteiger partial charge in [0.2, 0.25) is 0 Å². The molecule has 0 aliphatic heterocycles. The Kier molecular flexibility index (Phi) is 9.33. The fourth-order valence-corrected chi connectivity index (χ4v) is 12.3. The highest BCUT2D eigenvalue weighted by Gasteiger charge is 2.47. The van der Waals surface area contributed by atoms with Crippen molar-refractivity contribution in [3.05, 3.63) is 257 Å². The predicted octanol–water partition coefficient (Wildman–Crippen LogP) is 17.5. The molecule has 9 aromatic carbocycles. The molecule has 0 heterocycles. The van der Waals surface area contributed by atoms with Gasteiger partial charge in [-0.25, -0.2) is 0 Å². The molecule has 326 valence electrons. The van der Waals surface area contributed by atoms with E-state index in [0.717, 1.165) is 17.1 Å². The first-order chi connectivity index (χ1) is 32.5. The van der Waals surface area contributed by atoms with Crippen LogP contribution < -0.4 is 4.90 Å². The van der Waals surface area contributed by atoms with Gasteiger partial charge in [0.1, 0.15) is 0 Å². The molecule has 0 saturated carbocycles. The Labute approximate surface area is 397 Å². The summed E-state index contributed by atoms with van der Waals surface area (Å²) in [6.45, 7) is 14.4. The van der Waals surface area contributed by atoms with Crippen LogP contribution in [0.25, 0.3) is 44.5 Å². The van der Waals surface area contributed by atoms with Crippen LogP contribution in [0.3, 0.4) is 0 Å². The normalized spacial score (nSPS) is 16.3. The van der Waals surface area contributed by atoms with E-state index in [9.17, 15) is 0 Å². The van der Waals surface area contributed by atoms with Gasteiger partial charge in [-0.3, -0.25) is 0 Å². The van der Waals surface area contributed by atoms with Crippen LogP contribution in [0.2, 0.25) is 0 Å². The van der Waals surface area contributed by atoms with Gasteiger partial charge in [-0.1, -0.05) is 217 Å². The summed E-state index contributed by atoms with van der Waals surface area (Å²) in [7, 11) is 0. The minimum absolute atomic E-state index is 0.140. The highest BCUT2D eigenvalue weighted by Crippen LogP contribution is 2.59.